The molecule has 0 unspecified atom stereocenters. The summed E-state index contributed by atoms with van der Waals surface area (Å²) in [4.78, 5) is 18.8. The van der Waals surface area contributed by atoms with Gasteiger partial charge in [0.1, 0.15) is 5.82 Å². The van der Waals surface area contributed by atoms with Gasteiger partial charge in [-0.3, -0.25) is 4.79 Å². The lowest BCUT2D eigenvalue weighted by Gasteiger charge is -2.18. The van der Waals surface area contributed by atoms with E-state index in [1.54, 1.807) is 12.3 Å². The molecule has 1 heterocycles. The molecule has 0 radical (unpaired) electrons. The second kappa shape index (κ2) is 7.49. The third kappa shape index (κ3) is 4.06. The number of aromatic nitrogens is 1. The fourth-order valence-corrected chi connectivity index (χ4v) is 2.94. The van der Waals surface area contributed by atoms with E-state index in [1.807, 2.05) is 73.5 Å². The minimum atomic E-state index is -0.174. The smallest absolute Gasteiger partial charge is 0.257 e. The summed E-state index contributed by atoms with van der Waals surface area (Å²) in [6, 6.07) is 19.3. The van der Waals surface area contributed by atoms with E-state index in [0.717, 1.165) is 27.2 Å². The minimum Gasteiger partial charge on any atom is -0.329 e. The number of amides is 1. The Morgan fingerprint density at radius 1 is 1.08 bits per heavy atom. The molecule has 0 spiro atoms. The first kappa shape index (κ1) is 17.2. The van der Waals surface area contributed by atoms with Gasteiger partial charge in [0.25, 0.3) is 5.91 Å². The Morgan fingerprint density at radius 2 is 1.84 bits per heavy atom. The monoisotopic (exact) mass is 395 g/mol. The van der Waals surface area contributed by atoms with Gasteiger partial charge < -0.3 is 10.2 Å². The first-order valence-electron chi connectivity index (χ1n) is 7.87. The number of nitrogens with zero attached hydrogens (tertiary/aromatic N) is 2. The molecule has 0 bridgehead atoms. The number of pyridine rings is 1. The van der Waals surface area contributed by atoms with Gasteiger partial charge in [0.05, 0.1) is 5.56 Å². The van der Waals surface area contributed by atoms with Gasteiger partial charge in [-0.15, -0.1) is 0 Å². The molecular weight excluding hydrogens is 378 g/mol. The van der Waals surface area contributed by atoms with Crippen molar-refractivity contribution in [3.8, 4) is 0 Å². The normalized spacial score (nSPS) is 10.4. The maximum atomic E-state index is 12.4. The summed E-state index contributed by atoms with van der Waals surface area (Å²) in [5.74, 6) is 0.606. The SMILES string of the molecule is Cc1cc(Br)ccc1NC(=O)c1ccc(N(C)c2ccccc2)nc1. The molecule has 126 valence electrons. The van der Waals surface area contributed by atoms with Crippen LogP contribution in [-0.2, 0) is 0 Å². The molecule has 0 aliphatic heterocycles. The van der Waals surface area contributed by atoms with Crippen LogP contribution in [0.2, 0.25) is 0 Å². The summed E-state index contributed by atoms with van der Waals surface area (Å²) >= 11 is 3.42. The maximum Gasteiger partial charge on any atom is 0.257 e. The van der Waals surface area contributed by atoms with Crippen LogP contribution in [0.1, 0.15) is 15.9 Å². The topological polar surface area (TPSA) is 45.2 Å². The predicted octanol–water partition coefficient (Wildman–Crippen LogP) is 5.17. The summed E-state index contributed by atoms with van der Waals surface area (Å²) in [5, 5.41) is 2.92. The number of rotatable bonds is 4. The van der Waals surface area contributed by atoms with Crippen LogP contribution in [0.3, 0.4) is 0 Å². The number of benzene rings is 2. The van der Waals surface area contributed by atoms with Crippen molar-refractivity contribution in [3.05, 3.63) is 82.5 Å². The minimum absolute atomic E-state index is 0.174. The van der Waals surface area contributed by atoms with Crippen molar-refractivity contribution in [1.82, 2.24) is 4.98 Å². The third-order valence-electron chi connectivity index (χ3n) is 3.93. The summed E-state index contributed by atoms with van der Waals surface area (Å²) in [5.41, 5.74) is 3.35. The van der Waals surface area contributed by atoms with Crippen LogP contribution in [0, 0.1) is 6.92 Å². The number of hydrogen-bond donors (Lipinski definition) is 1. The molecule has 25 heavy (non-hydrogen) atoms. The van der Waals surface area contributed by atoms with Gasteiger partial charge in [0.15, 0.2) is 0 Å². The van der Waals surface area contributed by atoms with Gasteiger partial charge in [0.2, 0.25) is 0 Å². The molecule has 0 aliphatic rings. The van der Waals surface area contributed by atoms with E-state index < -0.39 is 0 Å². The number of carbonyl (C=O) groups is 1. The van der Waals surface area contributed by atoms with Crippen molar-refractivity contribution in [1.29, 1.82) is 0 Å². The Balaban J connectivity index is 1.74. The van der Waals surface area contributed by atoms with Crippen LogP contribution in [0.15, 0.2) is 71.3 Å². The van der Waals surface area contributed by atoms with Gasteiger partial charge >= 0.3 is 0 Å². The Hall–Kier alpha value is -2.66. The Labute approximate surface area is 155 Å². The van der Waals surface area contributed by atoms with E-state index in [-0.39, 0.29) is 5.91 Å². The van der Waals surface area contributed by atoms with Gasteiger partial charge in [-0.05, 0) is 55.0 Å². The van der Waals surface area contributed by atoms with E-state index >= 15 is 0 Å². The predicted molar refractivity (Wildman–Crippen MR) is 106 cm³/mol. The highest BCUT2D eigenvalue weighted by molar-refractivity contribution is 9.10. The largest absolute Gasteiger partial charge is 0.329 e. The van der Waals surface area contributed by atoms with Gasteiger partial charge in [-0.25, -0.2) is 4.98 Å². The first-order chi connectivity index (χ1) is 12.0. The van der Waals surface area contributed by atoms with Crippen LogP contribution in [0.5, 0.6) is 0 Å². The van der Waals surface area contributed by atoms with Crippen LogP contribution < -0.4 is 10.2 Å². The third-order valence-corrected chi connectivity index (χ3v) is 4.43. The standard InChI is InChI=1S/C20H18BrN3O/c1-14-12-16(21)9-10-18(14)23-20(25)15-8-11-19(22-13-15)24(2)17-6-4-3-5-7-17/h3-13H,1-2H3,(H,23,25). The van der Waals surface area contributed by atoms with Crippen molar-refractivity contribution in [3.63, 3.8) is 0 Å². The lowest BCUT2D eigenvalue weighted by atomic mass is 10.2. The van der Waals surface area contributed by atoms with E-state index in [0.29, 0.717) is 5.56 Å². The highest BCUT2D eigenvalue weighted by Gasteiger charge is 2.10. The summed E-state index contributed by atoms with van der Waals surface area (Å²) < 4.78 is 0.984. The highest BCUT2D eigenvalue weighted by Crippen LogP contribution is 2.22. The van der Waals surface area contributed by atoms with E-state index in [9.17, 15) is 4.79 Å². The molecule has 1 aromatic heterocycles. The number of aryl methyl sites for hydroxylation is 1. The highest BCUT2D eigenvalue weighted by atomic mass is 79.9. The molecule has 5 heteroatoms. The molecule has 4 nitrogen and oxygen atoms in total. The summed E-state index contributed by atoms with van der Waals surface area (Å²) in [6.45, 7) is 1.95. The molecule has 1 amide bonds. The van der Waals surface area contributed by atoms with Crippen molar-refractivity contribution in [2.75, 3.05) is 17.3 Å². The van der Waals surface area contributed by atoms with Crippen LogP contribution in [0.4, 0.5) is 17.2 Å². The van der Waals surface area contributed by atoms with E-state index in [1.165, 1.54) is 0 Å². The van der Waals surface area contributed by atoms with Crippen molar-refractivity contribution in [2.24, 2.45) is 0 Å². The molecule has 0 fully saturated rings. The zero-order valence-electron chi connectivity index (χ0n) is 14.0. The fraction of sp³-hybridized carbons (Fsp3) is 0.100. The molecule has 0 saturated heterocycles. The second-order valence-corrected chi connectivity index (χ2v) is 6.63. The lowest BCUT2D eigenvalue weighted by Crippen LogP contribution is -2.15. The molecule has 3 aromatic rings. The van der Waals surface area contributed by atoms with Crippen LogP contribution in [0.25, 0.3) is 0 Å². The number of anilines is 3. The van der Waals surface area contributed by atoms with Crippen LogP contribution in [-0.4, -0.2) is 17.9 Å². The average Bonchev–Trinajstić information content (AvgIpc) is 2.64. The van der Waals surface area contributed by atoms with Gasteiger partial charge in [0, 0.05) is 29.1 Å². The molecule has 0 atom stereocenters. The maximum absolute atomic E-state index is 12.4. The number of hydrogen-bond acceptors (Lipinski definition) is 3. The quantitative estimate of drug-likeness (QED) is 0.662. The fourth-order valence-electron chi connectivity index (χ4n) is 2.46. The van der Waals surface area contributed by atoms with E-state index in [2.05, 4.69) is 26.2 Å². The summed E-state index contributed by atoms with van der Waals surface area (Å²) in [6.07, 6.45) is 1.60. The number of carbonyl (C=O) groups excluding carboxylic acids is 1. The number of para-hydroxylation sites is 1. The Kier molecular flexibility index (Phi) is 5.14. The molecule has 0 saturated carbocycles. The second-order valence-electron chi connectivity index (χ2n) is 5.71. The molecule has 0 aliphatic carbocycles. The van der Waals surface area contributed by atoms with Crippen LogP contribution >= 0.6 is 15.9 Å². The van der Waals surface area contributed by atoms with Crippen molar-refractivity contribution in [2.45, 2.75) is 6.92 Å². The zero-order chi connectivity index (χ0) is 17.8. The summed E-state index contributed by atoms with van der Waals surface area (Å²) in [7, 11) is 1.95. The van der Waals surface area contributed by atoms with Crippen molar-refractivity contribution >= 4 is 39.0 Å². The Bertz CT molecular complexity index is 879. The molecule has 2 aromatic carbocycles. The number of nitrogens with one attached hydrogen (secondary N) is 1. The van der Waals surface area contributed by atoms with E-state index in [4.69, 9.17) is 0 Å². The molecular formula is C20H18BrN3O. The first-order valence-corrected chi connectivity index (χ1v) is 8.66. The zero-order valence-corrected chi connectivity index (χ0v) is 15.6. The van der Waals surface area contributed by atoms with Crippen molar-refractivity contribution < 1.29 is 4.79 Å². The van der Waals surface area contributed by atoms with Gasteiger partial charge in [-0.1, -0.05) is 34.1 Å². The molecule has 3 rings (SSSR count). The lowest BCUT2D eigenvalue weighted by molar-refractivity contribution is 0.102. The molecule has 1 N–H and O–H groups in total. The average molecular weight is 396 g/mol. The number of halogens is 1. The van der Waals surface area contributed by atoms with Gasteiger partial charge in [-0.2, -0.15) is 0 Å². The Morgan fingerprint density at radius 3 is 2.48 bits per heavy atom.